The highest BCUT2D eigenvalue weighted by atomic mass is 35.5. The van der Waals surface area contributed by atoms with Crippen LogP contribution in [-0.2, 0) is 0 Å². The second-order valence-corrected chi connectivity index (χ2v) is 7.31. The van der Waals surface area contributed by atoms with Gasteiger partial charge in [0.15, 0.2) is 0 Å². The molecule has 0 aliphatic carbocycles. The normalized spacial score (nSPS) is 15.6. The van der Waals surface area contributed by atoms with Crippen molar-refractivity contribution < 1.29 is 4.39 Å². The maximum absolute atomic E-state index is 13.6. The third kappa shape index (κ3) is 2.66. The zero-order valence-electron chi connectivity index (χ0n) is 12.3. The van der Waals surface area contributed by atoms with Gasteiger partial charge in [0.2, 0.25) is 0 Å². The predicted molar refractivity (Wildman–Crippen MR) is 83.1 cm³/mol. The van der Waals surface area contributed by atoms with Crippen LogP contribution in [0.25, 0.3) is 11.0 Å². The van der Waals surface area contributed by atoms with E-state index in [1.54, 1.807) is 6.07 Å². The Morgan fingerprint density at radius 2 is 1.85 bits per heavy atom. The summed E-state index contributed by atoms with van der Waals surface area (Å²) in [6, 6.07) is 3.15. The zero-order valence-corrected chi connectivity index (χ0v) is 13.8. The molecule has 0 saturated heterocycles. The number of aromatic nitrogens is 2. The minimum atomic E-state index is -0.457. The molecule has 0 spiro atoms. The van der Waals surface area contributed by atoms with E-state index >= 15 is 0 Å². The Kier molecular flexibility index (Phi) is 4.05. The van der Waals surface area contributed by atoms with Crippen molar-refractivity contribution in [3.8, 4) is 0 Å². The van der Waals surface area contributed by atoms with Gasteiger partial charge in [-0.25, -0.2) is 9.37 Å². The van der Waals surface area contributed by atoms with Crippen LogP contribution < -0.4 is 0 Å². The molecule has 0 amide bonds. The van der Waals surface area contributed by atoms with Crippen LogP contribution in [-0.4, -0.2) is 9.55 Å². The summed E-state index contributed by atoms with van der Waals surface area (Å²) in [5, 5.41) is -0.150. The predicted octanol–water partition coefficient (Wildman–Crippen LogP) is 5.74. The van der Waals surface area contributed by atoms with Crippen LogP contribution in [0.3, 0.4) is 0 Å². The standard InChI is InChI=1S/C15H19Cl2FN2/c1-8(16)14-19-12-7-11(18)10(17)6-13(12)20(14)9(2)15(3,4)5/h6-9H,1-5H3. The van der Waals surface area contributed by atoms with Gasteiger partial charge < -0.3 is 4.57 Å². The van der Waals surface area contributed by atoms with Gasteiger partial charge in [-0.2, -0.15) is 0 Å². The van der Waals surface area contributed by atoms with Crippen LogP contribution in [0, 0.1) is 11.2 Å². The largest absolute Gasteiger partial charge is 0.323 e. The summed E-state index contributed by atoms with van der Waals surface area (Å²) in [6.07, 6.45) is 0. The first-order chi connectivity index (χ1) is 9.12. The van der Waals surface area contributed by atoms with Crippen LogP contribution >= 0.6 is 23.2 Å². The van der Waals surface area contributed by atoms with Crippen LogP contribution in [0.2, 0.25) is 5.02 Å². The highest BCUT2D eigenvalue weighted by Gasteiger charge is 2.27. The highest BCUT2D eigenvalue weighted by molar-refractivity contribution is 6.31. The van der Waals surface area contributed by atoms with Gasteiger partial charge in [-0.15, -0.1) is 11.6 Å². The molecule has 1 heterocycles. The molecule has 1 aromatic carbocycles. The third-order valence-corrected chi connectivity index (χ3v) is 4.24. The molecular formula is C15H19Cl2FN2. The molecule has 2 rings (SSSR count). The molecule has 2 nitrogen and oxygen atoms in total. The number of hydrogen-bond acceptors (Lipinski definition) is 1. The van der Waals surface area contributed by atoms with Gasteiger partial charge in [-0.05, 0) is 25.3 Å². The van der Waals surface area contributed by atoms with E-state index in [4.69, 9.17) is 23.2 Å². The van der Waals surface area contributed by atoms with Crippen molar-refractivity contribution in [3.05, 3.63) is 28.8 Å². The van der Waals surface area contributed by atoms with Gasteiger partial charge in [0.1, 0.15) is 11.6 Å². The third-order valence-electron chi connectivity index (χ3n) is 3.76. The van der Waals surface area contributed by atoms with E-state index in [-0.39, 0.29) is 21.9 Å². The van der Waals surface area contributed by atoms with Gasteiger partial charge >= 0.3 is 0 Å². The number of alkyl halides is 1. The minimum absolute atomic E-state index is 0.0228. The maximum Gasteiger partial charge on any atom is 0.144 e. The number of nitrogens with zero attached hydrogens (tertiary/aromatic N) is 2. The van der Waals surface area contributed by atoms with E-state index in [1.807, 2.05) is 6.92 Å². The number of fused-ring (bicyclic) bond motifs is 1. The first kappa shape index (κ1) is 15.6. The first-order valence-corrected chi connectivity index (χ1v) is 7.45. The minimum Gasteiger partial charge on any atom is -0.323 e. The molecule has 0 bridgehead atoms. The van der Waals surface area contributed by atoms with E-state index in [2.05, 4.69) is 37.2 Å². The van der Waals surface area contributed by atoms with E-state index in [0.717, 1.165) is 11.3 Å². The Bertz CT molecular complexity index is 641. The summed E-state index contributed by atoms with van der Waals surface area (Å²) in [6.45, 7) is 10.4. The highest BCUT2D eigenvalue weighted by Crippen LogP contribution is 2.37. The molecule has 0 N–H and O–H groups in total. The number of imidazole rings is 1. The van der Waals surface area contributed by atoms with Crippen molar-refractivity contribution in [2.24, 2.45) is 5.41 Å². The quantitative estimate of drug-likeness (QED) is 0.646. The van der Waals surface area contributed by atoms with Crippen LogP contribution in [0.4, 0.5) is 4.39 Å². The molecule has 2 atom stereocenters. The Morgan fingerprint density at radius 3 is 2.35 bits per heavy atom. The summed E-state index contributed by atoms with van der Waals surface area (Å²) in [4.78, 5) is 4.48. The van der Waals surface area contributed by atoms with Gasteiger partial charge in [-0.3, -0.25) is 0 Å². The fourth-order valence-corrected chi connectivity index (χ4v) is 2.50. The summed E-state index contributed by atoms with van der Waals surface area (Å²) in [7, 11) is 0. The molecular weight excluding hydrogens is 298 g/mol. The monoisotopic (exact) mass is 316 g/mol. The summed E-state index contributed by atoms with van der Waals surface area (Å²) in [5.41, 5.74) is 1.43. The van der Waals surface area contributed by atoms with Gasteiger partial charge in [-0.1, -0.05) is 32.4 Å². The molecule has 2 unspecified atom stereocenters. The smallest absolute Gasteiger partial charge is 0.144 e. The average Bonchev–Trinajstić information content (AvgIpc) is 2.66. The summed E-state index contributed by atoms with van der Waals surface area (Å²) < 4.78 is 15.7. The lowest BCUT2D eigenvalue weighted by atomic mass is 9.87. The first-order valence-electron chi connectivity index (χ1n) is 6.64. The van der Waals surface area contributed by atoms with E-state index in [0.29, 0.717) is 5.52 Å². The van der Waals surface area contributed by atoms with Gasteiger partial charge in [0.25, 0.3) is 0 Å². The van der Waals surface area contributed by atoms with E-state index in [1.165, 1.54) is 6.07 Å². The average molecular weight is 317 g/mol. The van der Waals surface area contributed by atoms with Crippen molar-refractivity contribution in [1.82, 2.24) is 9.55 Å². The Morgan fingerprint density at radius 1 is 1.25 bits per heavy atom. The Hall–Kier alpha value is -0.800. The van der Waals surface area contributed by atoms with Crippen molar-refractivity contribution in [3.63, 3.8) is 0 Å². The van der Waals surface area contributed by atoms with Gasteiger partial charge in [0, 0.05) is 12.1 Å². The Labute approximate surface area is 128 Å². The zero-order chi connectivity index (χ0) is 15.2. The molecule has 110 valence electrons. The number of benzene rings is 1. The second-order valence-electron chi connectivity index (χ2n) is 6.25. The second kappa shape index (κ2) is 5.19. The summed E-state index contributed by atoms with van der Waals surface area (Å²) in [5.74, 6) is 0.284. The topological polar surface area (TPSA) is 17.8 Å². The van der Waals surface area contributed by atoms with Gasteiger partial charge in [0.05, 0.1) is 21.4 Å². The molecule has 2 aromatic rings. The maximum atomic E-state index is 13.6. The van der Waals surface area contributed by atoms with Crippen LogP contribution in [0.5, 0.6) is 0 Å². The molecule has 0 radical (unpaired) electrons. The van der Waals surface area contributed by atoms with Crippen molar-refractivity contribution >= 4 is 34.2 Å². The lowest BCUT2D eigenvalue weighted by Crippen LogP contribution is -2.23. The lowest BCUT2D eigenvalue weighted by molar-refractivity contribution is 0.262. The van der Waals surface area contributed by atoms with E-state index < -0.39 is 5.82 Å². The van der Waals surface area contributed by atoms with Crippen molar-refractivity contribution in [2.75, 3.05) is 0 Å². The summed E-state index contributed by atoms with van der Waals surface area (Å²) >= 11 is 12.2. The van der Waals surface area contributed by atoms with Crippen molar-refractivity contribution in [2.45, 2.75) is 46.0 Å². The molecule has 0 fully saturated rings. The molecule has 0 saturated carbocycles. The SMILES string of the molecule is CC(Cl)c1nc2cc(F)c(Cl)cc2n1C(C)C(C)(C)C. The lowest BCUT2D eigenvalue weighted by Gasteiger charge is -2.30. The van der Waals surface area contributed by atoms with E-state index in [9.17, 15) is 4.39 Å². The molecule has 0 aliphatic rings. The number of hydrogen-bond donors (Lipinski definition) is 0. The fraction of sp³-hybridized carbons (Fsp3) is 0.533. The number of halogens is 3. The molecule has 20 heavy (non-hydrogen) atoms. The molecule has 1 aromatic heterocycles. The fourth-order valence-electron chi connectivity index (χ4n) is 2.18. The number of rotatable bonds is 2. The van der Waals surface area contributed by atoms with Crippen molar-refractivity contribution in [1.29, 1.82) is 0 Å². The van der Waals surface area contributed by atoms with Crippen LogP contribution in [0.15, 0.2) is 12.1 Å². The van der Waals surface area contributed by atoms with Crippen LogP contribution in [0.1, 0.15) is 51.9 Å². The Balaban J connectivity index is 2.78. The molecule has 5 heteroatoms. The molecule has 0 aliphatic heterocycles.